The van der Waals surface area contributed by atoms with E-state index in [1.807, 2.05) is 49.4 Å². The Bertz CT molecular complexity index is 1350. The van der Waals surface area contributed by atoms with Crippen LogP contribution in [0.1, 0.15) is 25.8 Å². The van der Waals surface area contributed by atoms with E-state index in [1.165, 1.54) is 0 Å². The second kappa shape index (κ2) is 12.6. The first-order valence-electron chi connectivity index (χ1n) is 11.5. The third-order valence-corrected chi connectivity index (χ3v) is 7.31. The number of rotatable bonds is 8. The van der Waals surface area contributed by atoms with Crippen LogP contribution in [0.3, 0.4) is 0 Å². The lowest BCUT2D eigenvalue weighted by Crippen LogP contribution is -2.22. The van der Waals surface area contributed by atoms with E-state index in [0.29, 0.717) is 11.1 Å². The van der Waals surface area contributed by atoms with Crippen LogP contribution in [0.5, 0.6) is 0 Å². The van der Waals surface area contributed by atoms with Crippen molar-refractivity contribution in [1.29, 1.82) is 0 Å². The first-order chi connectivity index (χ1) is 17.3. The lowest BCUT2D eigenvalue weighted by molar-refractivity contribution is -0.192. The average molecular weight is 539 g/mol. The Balaban J connectivity index is 0.000000604. The molecule has 3 rings (SSSR count). The topological polar surface area (TPSA) is 104 Å². The molecule has 0 atom stereocenters. The van der Waals surface area contributed by atoms with Gasteiger partial charge in [-0.1, -0.05) is 36.4 Å². The molecule has 0 aromatic heterocycles. The Morgan fingerprint density at radius 3 is 2.14 bits per heavy atom. The first kappa shape index (κ1) is 29.6. The number of aryl methyl sites for hydroxylation is 1. The van der Waals surface area contributed by atoms with Gasteiger partial charge in [-0.05, 0) is 56.0 Å². The van der Waals surface area contributed by atoms with Crippen LogP contribution in [0.4, 0.5) is 24.5 Å². The fourth-order valence-corrected chi connectivity index (χ4v) is 5.07. The molecule has 0 bridgehead atoms. The SMILES string of the molecule is CCN(CC)c1ccc(NC(=O)CCS(=O)(=O)c2cccc3ccccc23)c(C)c1.O=C(O)C(F)(F)F. The number of carbonyl (C=O) groups is 2. The number of benzene rings is 3. The van der Waals surface area contributed by atoms with Crippen molar-refractivity contribution in [2.75, 3.05) is 29.1 Å². The van der Waals surface area contributed by atoms with Gasteiger partial charge in [-0.2, -0.15) is 13.2 Å². The third kappa shape index (κ3) is 8.21. The van der Waals surface area contributed by atoms with Crippen LogP contribution in [-0.4, -0.2) is 50.4 Å². The molecule has 37 heavy (non-hydrogen) atoms. The van der Waals surface area contributed by atoms with Crippen molar-refractivity contribution in [2.45, 2.75) is 38.3 Å². The Labute approximate surface area is 213 Å². The fraction of sp³-hybridized carbons (Fsp3) is 0.308. The van der Waals surface area contributed by atoms with Gasteiger partial charge in [0.2, 0.25) is 5.91 Å². The summed E-state index contributed by atoms with van der Waals surface area (Å²) in [4.78, 5) is 23.9. The summed E-state index contributed by atoms with van der Waals surface area (Å²) in [6.45, 7) is 7.96. The molecule has 7 nitrogen and oxygen atoms in total. The van der Waals surface area contributed by atoms with Crippen LogP contribution in [0, 0.1) is 6.92 Å². The van der Waals surface area contributed by atoms with Crippen molar-refractivity contribution in [2.24, 2.45) is 0 Å². The predicted octanol–water partition coefficient (Wildman–Crippen LogP) is 5.43. The number of nitrogens with one attached hydrogen (secondary N) is 1. The molecule has 3 aromatic carbocycles. The summed E-state index contributed by atoms with van der Waals surface area (Å²) in [7, 11) is -3.58. The van der Waals surface area contributed by atoms with Crippen LogP contribution < -0.4 is 10.2 Å². The Hall–Kier alpha value is -3.60. The number of aliphatic carboxylic acids is 1. The summed E-state index contributed by atoms with van der Waals surface area (Å²) in [6.07, 6.45) is -5.18. The quantitative estimate of drug-likeness (QED) is 0.396. The van der Waals surface area contributed by atoms with Gasteiger partial charge < -0.3 is 15.3 Å². The van der Waals surface area contributed by atoms with E-state index in [-0.39, 0.29) is 23.0 Å². The van der Waals surface area contributed by atoms with E-state index in [4.69, 9.17) is 9.90 Å². The number of amides is 1. The van der Waals surface area contributed by atoms with Gasteiger partial charge in [-0.25, -0.2) is 13.2 Å². The number of nitrogens with zero attached hydrogens (tertiary/aromatic N) is 1. The van der Waals surface area contributed by atoms with E-state index in [9.17, 15) is 26.4 Å². The average Bonchev–Trinajstić information content (AvgIpc) is 2.84. The zero-order valence-corrected chi connectivity index (χ0v) is 21.5. The van der Waals surface area contributed by atoms with Gasteiger partial charge in [0.1, 0.15) is 0 Å². The molecule has 200 valence electrons. The molecule has 3 aromatic rings. The smallest absolute Gasteiger partial charge is 0.475 e. The number of carbonyl (C=O) groups excluding carboxylic acids is 1. The number of fused-ring (bicyclic) bond motifs is 1. The lowest BCUT2D eigenvalue weighted by Gasteiger charge is -2.22. The van der Waals surface area contributed by atoms with E-state index < -0.39 is 22.0 Å². The highest BCUT2D eigenvalue weighted by Gasteiger charge is 2.38. The van der Waals surface area contributed by atoms with Crippen molar-refractivity contribution >= 4 is 43.9 Å². The molecule has 0 radical (unpaired) electrons. The zero-order valence-electron chi connectivity index (χ0n) is 20.7. The number of hydrogen-bond donors (Lipinski definition) is 2. The monoisotopic (exact) mass is 538 g/mol. The Kier molecular flexibility index (Phi) is 10.1. The van der Waals surface area contributed by atoms with Crippen molar-refractivity contribution in [3.8, 4) is 0 Å². The Morgan fingerprint density at radius 1 is 0.973 bits per heavy atom. The zero-order chi connectivity index (χ0) is 27.8. The van der Waals surface area contributed by atoms with Gasteiger partial charge >= 0.3 is 12.1 Å². The summed E-state index contributed by atoms with van der Waals surface area (Å²) >= 11 is 0. The molecule has 0 aliphatic heterocycles. The molecule has 0 saturated carbocycles. The van der Waals surface area contributed by atoms with Crippen LogP contribution in [0.2, 0.25) is 0 Å². The highest BCUT2D eigenvalue weighted by molar-refractivity contribution is 7.91. The van der Waals surface area contributed by atoms with Crippen LogP contribution in [-0.2, 0) is 19.4 Å². The molecule has 0 saturated heterocycles. The molecule has 0 fully saturated rings. The first-order valence-corrected chi connectivity index (χ1v) is 13.1. The van der Waals surface area contributed by atoms with Crippen molar-refractivity contribution in [3.05, 3.63) is 66.2 Å². The number of halogens is 3. The van der Waals surface area contributed by atoms with Crippen LogP contribution in [0.25, 0.3) is 10.8 Å². The summed E-state index contributed by atoms with van der Waals surface area (Å²) in [5.41, 5.74) is 2.76. The largest absolute Gasteiger partial charge is 0.490 e. The van der Waals surface area contributed by atoms with E-state index in [1.54, 1.807) is 18.2 Å². The number of alkyl halides is 3. The van der Waals surface area contributed by atoms with Crippen molar-refractivity contribution in [1.82, 2.24) is 0 Å². The van der Waals surface area contributed by atoms with E-state index >= 15 is 0 Å². The van der Waals surface area contributed by atoms with Crippen molar-refractivity contribution < 1.29 is 36.3 Å². The lowest BCUT2D eigenvalue weighted by atomic mass is 10.1. The van der Waals surface area contributed by atoms with Gasteiger partial charge in [0.15, 0.2) is 9.84 Å². The molecule has 0 heterocycles. The summed E-state index contributed by atoms with van der Waals surface area (Å²) in [5, 5.41) is 11.5. The molecule has 0 spiro atoms. The number of anilines is 2. The molecule has 11 heteroatoms. The second-order valence-electron chi connectivity index (χ2n) is 8.07. The standard InChI is InChI=1S/C24H28N2O3S.C2HF3O2/c1-4-26(5-2)20-13-14-22(18(3)17-20)25-24(27)15-16-30(28,29)23-12-8-10-19-9-6-7-11-21(19)23;3-2(4,5)1(6)7/h6-14,17H,4-5,15-16H2,1-3H3,(H,25,27);(H,6,7). The number of carboxylic acid groups (broad SMARTS) is 1. The number of hydrogen-bond acceptors (Lipinski definition) is 5. The second-order valence-corrected chi connectivity index (χ2v) is 10.1. The van der Waals surface area contributed by atoms with Gasteiger partial charge in [0.05, 0.1) is 10.6 Å². The molecule has 0 unspecified atom stereocenters. The highest BCUT2D eigenvalue weighted by Crippen LogP contribution is 2.25. The number of carboxylic acids is 1. The van der Waals surface area contributed by atoms with Crippen molar-refractivity contribution in [3.63, 3.8) is 0 Å². The number of sulfone groups is 1. The minimum absolute atomic E-state index is 0.0945. The molecular formula is C26H29F3N2O5S. The molecule has 0 aliphatic rings. The highest BCUT2D eigenvalue weighted by atomic mass is 32.2. The normalized spacial score (nSPS) is 11.4. The van der Waals surface area contributed by atoms with Gasteiger partial charge in [0, 0.05) is 36.3 Å². The molecule has 0 aliphatic carbocycles. The molecule has 2 N–H and O–H groups in total. The molecular weight excluding hydrogens is 509 g/mol. The van der Waals surface area contributed by atoms with E-state index in [0.717, 1.165) is 29.7 Å². The van der Waals surface area contributed by atoms with Gasteiger partial charge in [0.25, 0.3) is 0 Å². The van der Waals surface area contributed by atoms with Gasteiger partial charge in [-0.3, -0.25) is 4.79 Å². The maximum absolute atomic E-state index is 12.9. The summed E-state index contributed by atoms with van der Waals surface area (Å²) in [6, 6.07) is 18.5. The third-order valence-electron chi connectivity index (χ3n) is 5.54. The minimum Gasteiger partial charge on any atom is -0.475 e. The summed E-state index contributed by atoms with van der Waals surface area (Å²) in [5.74, 6) is -3.30. The maximum Gasteiger partial charge on any atom is 0.490 e. The summed E-state index contributed by atoms with van der Waals surface area (Å²) < 4.78 is 57.5. The predicted molar refractivity (Wildman–Crippen MR) is 138 cm³/mol. The van der Waals surface area contributed by atoms with Gasteiger partial charge in [-0.15, -0.1) is 0 Å². The Morgan fingerprint density at radius 2 is 1.57 bits per heavy atom. The molecule has 1 amide bonds. The maximum atomic E-state index is 12.9. The van der Waals surface area contributed by atoms with E-state index in [2.05, 4.69) is 24.1 Å². The fourth-order valence-electron chi connectivity index (χ4n) is 3.59. The minimum atomic E-state index is -5.08. The van der Waals surface area contributed by atoms with Crippen LogP contribution in [0.15, 0.2) is 65.6 Å². The van der Waals surface area contributed by atoms with Crippen LogP contribution >= 0.6 is 0 Å².